The number of anilines is 1. The van der Waals surface area contributed by atoms with Crippen LogP contribution in [0.5, 0.6) is 11.5 Å². The third kappa shape index (κ3) is 4.49. The summed E-state index contributed by atoms with van der Waals surface area (Å²) in [7, 11) is 1.51. The lowest BCUT2D eigenvalue weighted by Gasteiger charge is -2.14. The number of ether oxygens (including phenoxy) is 4. The second kappa shape index (κ2) is 9.25. The predicted octanol–water partition coefficient (Wildman–Crippen LogP) is 3.42. The van der Waals surface area contributed by atoms with Crippen LogP contribution < -0.4 is 14.8 Å². The molecule has 0 saturated heterocycles. The average molecular weight is 450 g/mol. The van der Waals surface area contributed by atoms with E-state index in [1.165, 1.54) is 26.2 Å². The molecule has 0 fully saturated rings. The van der Waals surface area contributed by atoms with E-state index in [1.54, 1.807) is 6.92 Å². The van der Waals surface area contributed by atoms with Crippen molar-refractivity contribution >= 4 is 34.3 Å². The van der Waals surface area contributed by atoms with Crippen molar-refractivity contribution in [2.24, 2.45) is 0 Å². The highest BCUT2D eigenvalue weighted by Crippen LogP contribution is 2.37. The zero-order valence-electron chi connectivity index (χ0n) is 18.4. The van der Waals surface area contributed by atoms with Crippen LogP contribution in [-0.2, 0) is 20.9 Å². The normalized spacial score (nSPS) is 12.0. The van der Waals surface area contributed by atoms with Gasteiger partial charge in [0.2, 0.25) is 6.79 Å². The van der Waals surface area contributed by atoms with E-state index in [9.17, 15) is 14.4 Å². The smallest absolute Gasteiger partial charge is 0.340 e. The van der Waals surface area contributed by atoms with Crippen molar-refractivity contribution in [1.29, 1.82) is 0 Å². The van der Waals surface area contributed by atoms with Gasteiger partial charge in [0.1, 0.15) is 0 Å². The van der Waals surface area contributed by atoms with Gasteiger partial charge < -0.3 is 24.3 Å². The molecule has 1 aliphatic rings. The third-order valence-corrected chi connectivity index (χ3v) is 5.21. The number of Topliss-reactive ketones (excluding diaryl/α,β-unsaturated/α-hetero) is 1. The van der Waals surface area contributed by atoms with Gasteiger partial charge in [-0.05, 0) is 31.5 Å². The number of fused-ring (bicyclic) bond motifs is 2. The molecule has 1 aliphatic heterocycles. The topological polar surface area (TPSA) is 113 Å². The van der Waals surface area contributed by atoms with Gasteiger partial charge >= 0.3 is 5.97 Å². The Kier molecular flexibility index (Phi) is 6.23. The Bertz CT molecular complexity index is 1270. The minimum absolute atomic E-state index is 0.0324. The number of nitrogens with zero attached hydrogens (tertiary/aromatic N) is 1. The Hall–Kier alpha value is -3.98. The highest BCUT2D eigenvalue weighted by molar-refractivity contribution is 6.05. The average Bonchev–Trinajstić information content (AvgIpc) is 3.25. The zero-order chi connectivity index (χ0) is 23.5. The van der Waals surface area contributed by atoms with Crippen LogP contribution in [-0.4, -0.2) is 43.2 Å². The van der Waals surface area contributed by atoms with Crippen molar-refractivity contribution in [3.05, 3.63) is 58.8 Å². The number of aryl methyl sites for hydroxylation is 1. The summed E-state index contributed by atoms with van der Waals surface area (Å²) in [5.74, 6) is -0.721. The van der Waals surface area contributed by atoms with E-state index in [0.29, 0.717) is 22.8 Å². The monoisotopic (exact) mass is 450 g/mol. The fourth-order valence-corrected chi connectivity index (χ4v) is 3.68. The molecule has 0 aliphatic carbocycles. The summed E-state index contributed by atoms with van der Waals surface area (Å²) in [6, 6.07) is 10.4. The number of hydrogen-bond donors (Lipinski definition) is 1. The lowest BCUT2D eigenvalue weighted by Crippen LogP contribution is -2.23. The van der Waals surface area contributed by atoms with Gasteiger partial charge in [0.05, 0.1) is 29.1 Å². The van der Waals surface area contributed by atoms with E-state index >= 15 is 0 Å². The standard InChI is InChI=1S/C24H22N2O7/c1-13-15-6-4-5-7-17(15)25-19(10-30-3)23(13)24(29)31-11-22(28)26-18-9-21-20(32-12-33-21)8-16(18)14(2)27/h4-9H,10-12H2,1-3H3,(H,26,28). The van der Waals surface area contributed by atoms with Crippen LogP contribution >= 0.6 is 0 Å². The van der Waals surface area contributed by atoms with Gasteiger partial charge in [0, 0.05) is 24.1 Å². The number of esters is 1. The quantitative estimate of drug-likeness (QED) is 0.430. The maximum atomic E-state index is 12.9. The first-order valence-electron chi connectivity index (χ1n) is 10.2. The lowest BCUT2D eigenvalue weighted by molar-refractivity contribution is -0.119. The van der Waals surface area contributed by atoms with Gasteiger partial charge in [-0.15, -0.1) is 0 Å². The van der Waals surface area contributed by atoms with E-state index in [2.05, 4.69) is 10.3 Å². The SMILES string of the molecule is COCc1nc2ccccc2c(C)c1C(=O)OCC(=O)Nc1cc2c(cc1C(C)=O)OCO2. The molecule has 0 spiro atoms. The van der Waals surface area contributed by atoms with Crippen molar-refractivity contribution in [1.82, 2.24) is 4.98 Å². The highest BCUT2D eigenvalue weighted by atomic mass is 16.7. The van der Waals surface area contributed by atoms with E-state index in [0.717, 1.165) is 10.9 Å². The fourth-order valence-electron chi connectivity index (χ4n) is 3.68. The molecule has 0 unspecified atom stereocenters. The molecule has 9 nitrogen and oxygen atoms in total. The molecule has 0 saturated carbocycles. The summed E-state index contributed by atoms with van der Waals surface area (Å²) in [6.07, 6.45) is 0. The van der Waals surface area contributed by atoms with Crippen molar-refractivity contribution in [2.75, 3.05) is 25.8 Å². The number of carbonyl (C=O) groups excluding carboxylic acids is 3. The van der Waals surface area contributed by atoms with Crippen LogP contribution in [0, 0.1) is 6.92 Å². The molecule has 0 bridgehead atoms. The molecule has 9 heteroatoms. The Labute approximate surface area is 189 Å². The molecular weight excluding hydrogens is 428 g/mol. The molecule has 2 heterocycles. The summed E-state index contributed by atoms with van der Waals surface area (Å²) < 4.78 is 21.1. The van der Waals surface area contributed by atoms with Crippen LogP contribution in [0.1, 0.15) is 38.9 Å². The molecule has 4 rings (SSSR count). The van der Waals surface area contributed by atoms with Crippen molar-refractivity contribution < 1.29 is 33.3 Å². The Morgan fingerprint density at radius 3 is 2.58 bits per heavy atom. The van der Waals surface area contributed by atoms with Gasteiger partial charge in [-0.1, -0.05) is 18.2 Å². The van der Waals surface area contributed by atoms with E-state index in [1.807, 2.05) is 24.3 Å². The second-order valence-electron chi connectivity index (χ2n) is 7.44. The van der Waals surface area contributed by atoms with Crippen molar-refractivity contribution in [2.45, 2.75) is 20.5 Å². The number of carbonyl (C=O) groups is 3. The number of pyridine rings is 1. The lowest BCUT2D eigenvalue weighted by atomic mass is 10.0. The van der Waals surface area contributed by atoms with E-state index in [-0.39, 0.29) is 36.0 Å². The number of hydrogen-bond acceptors (Lipinski definition) is 8. The number of ketones is 1. The maximum Gasteiger partial charge on any atom is 0.340 e. The first-order chi connectivity index (χ1) is 15.9. The van der Waals surface area contributed by atoms with Crippen LogP contribution in [0.25, 0.3) is 10.9 Å². The highest BCUT2D eigenvalue weighted by Gasteiger charge is 2.23. The molecule has 1 amide bonds. The molecule has 3 aromatic rings. The third-order valence-electron chi connectivity index (χ3n) is 5.21. The van der Waals surface area contributed by atoms with Gasteiger partial charge in [-0.2, -0.15) is 0 Å². The summed E-state index contributed by atoms with van der Waals surface area (Å²) >= 11 is 0. The molecule has 170 valence electrons. The van der Waals surface area contributed by atoms with Crippen molar-refractivity contribution in [3.8, 4) is 11.5 Å². The van der Waals surface area contributed by atoms with E-state index in [4.69, 9.17) is 18.9 Å². The second-order valence-corrected chi connectivity index (χ2v) is 7.44. The van der Waals surface area contributed by atoms with Gasteiger partial charge in [-0.3, -0.25) is 9.59 Å². The van der Waals surface area contributed by atoms with Crippen LogP contribution in [0.4, 0.5) is 5.69 Å². The minimum atomic E-state index is -0.689. The zero-order valence-corrected chi connectivity index (χ0v) is 18.4. The molecule has 1 N–H and O–H groups in total. The Morgan fingerprint density at radius 2 is 1.85 bits per heavy atom. The molecule has 2 aromatic carbocycles. The maximum absolute atomic E-state index is 12.9. The van der Waals surface area contributed by atoms with E-state index < -0.39 is 18.5 Å². The summed E-state index contributed by atoms with van der Waals surface area (Å²) in [5, 5.41) is 3.41. The number of nitrogens with one attached hydrogen (secondary N) is 1. The minimum Gasteiger partial charge on any atom is -0.454 e. The summed E-state index contributed by atoms with van der Waals surface area (Å²) in [6.45, 7) is 2.76. The predicted molar refractivity (Wildman–Crippen MR) is 119 cm³/mol. The van der Waals surface area contributed by atoms with Gasteiger partial charge in [0.25, 0.3) is 5.91 Å². The number of para-hydroxylation sites is 1. The summed E-state index contributed by atoms with van der Waals surface area (Å²) in [5.41, 5.74) is 2.61. The molecule has 0 atom stereocenters. The fraction of sp³-hybridized carbons (Fsp3) is 0.250. The van der Waals surface area contributed by atoms with Gasteiger partial charge in [-0.25, -0.2) is 9.78 Å². The molecule has 0 radical (unpaired) electrons. The number of amides is 1. The number of methoxy groups -OCH3 is 1. The Morgan fingerprint density at radius 1 is 1.12 bits per heavy atom. The van der Waals surface area contributed by atoms with Gasteiger partial charge in [0.15, 0.2) is 23.9 Å². The first kappa shape index (κ1) is 22.2. The number of benzene rings is 2. The molecule has 33 heavy (non-hydrogen) atoms. The summed E-state index contributed by atoms with van der Waals surface area (Å²) in [4.78, 5) is 41.9. The van der Waals surface area contributed by atoms with Crippen LogP contribution in [0.2, 0.25) is 0 Å². The molecular formula is C24H22N2O7. The largest absolute Gasteiger partial charge is 0.454 e. The Balaban J connectivity index is 1.52. The molecule has 1 aromatic heterocycles. The number of aromatic nitrogens is 1. The number of rotatable bonds is 7. The van der Waals surface area contributed by atoms with Crippen LogP contribution in [0.3, 0.4) is 0 Å². The first-order valence-corrected chi connectivity index (χ1v) is 10.2. The van der Waals surface area contributed by atoms with Crippen molar-refractivity contribution in [3.63, 3.8) is 0 Å². The van der Waals surface area contributed by atoms with Crippen LogP contribution in [0.15, 0.2) is 36.4 Å².